The van der Waals surface area contributed by atoms with Gasteiger partial charge in [0.15, 0.2) is 0 Å². The third-order valence-corrected chi connectivity index (χ3v) is 4.96. The number of rotatable bonds is 9. The third kappa shape index (κ3) is 5.49. The number of nitrogens with one attached hydrogen (secondary N) is 2. The largest absolute Gasteiger partial charge is 0.404 e. The number of quaternary nitrogens is 2. The Morgan fingerprint density at radius 1 is 1.31 bits per heavy atom. The Labute approximate surface area is 171 Å². The van der Waals surface area contributed by atoms with Gasteiger partial charge in [-0.2, -0.15) is 0 Å². The highest BCUT2D eigenvalue weighted by molar-refractivity contribution is 6.08. The fourth-order valence-corrected chi connectivity index (χ4v) is 2.92. The van der Waals surface area contributed by atoms with E-state index in [1.165, 1.54) is 19.1 Å². The lowest BCUT2D eigenvalue weighted by molar-refractivity contribution is -0.601. The van der Waals surface area contributed by atoms with E-state index in [-0.39, 0.29) is 0 Å². The van der Waals surface area contributed by atoms with Crippen LogP contribution in [0, 0.1) is 11.3 Å². The molecule has 0 unspecified atom stereocenters. The number of hydrogen-bond acceptors (Lipinski definition) is 5. The van der Waals surface area contributed by atoms with Gasteiger partial charge < -0.3 is 21.8 Å². The van der Waals surface area contributed by atoms with Gasteiger partial charge in [0, 0.05) is 36.9 Å². The SMILES string of the molecule is C[NH2+]C(=CC(=CN)C(C)C)Nc1ccc2ncc(C(C=N)=C[NH2+]C3CC3)cc2n1. The normalized spacial score (nSPS) is 15.8. The maximum atomic E-state index is 7.75. The molecule has 2 aromatic rings. The van der Waals surface area contributed by atoms with Crippen molar-refractivity contribution in [3.8, 4) is 0 Å². The van der Waals surface area contributed by atoms with Gasteiger partial charge in [0.2, 0.25) is 5.82 Å². The second-order valence-electron chi connectivity index (χ2n) is 7.59. The Hall–Kier alpha value is -3.03. The summed E-state index contributed by atoms with van der Waals surface area (Å²) in [5.74, 6) is 2.02. The van der Waals surface area contributed by atoms with Gasteiger partial charge in [-0.3, -0.25) is 10.3 Å². The predicted octanol–water partition coefficient (Wildman–Crippen LogP) is 1.29. The lowest BCUT2D eigenvalue weighted by Crippen LogP contribution is -2.80. The van der Waals surface area contributed by atoms with Crippen molar-refractivity contribution in [1.82, 2.24) is 9.97 Å². The van der Waals surface area contributed by atoms with Gasteiger partial charge in [0.25, 0.3) is 0 Å². The minimum atomic E-state index is 0.340. The molecule has 1 saturated carbocycles. The van der Waals surface area contributed by atoms with Crippen molar-refractivity contribution in [3.63, 3.8) is 0 Å². The molecule has 2 heterocycles. The molecule has 2 aromatic heterocycles. The van der Waals surface area contributed by atoms with Gasteiger partial charge in [-0.15, -0.1) is 0 Å². The van der Waals surface area contributed by atoms with Crippen LogP contribution in [0.25, 0.3) is 16.6 Å². The van der Waals surface area contributed by atoms with E-state index in [1.54, 1.807) is 12.4 Å². The summed E-state index contributed by atoms with van der Waals surface area (Å²) in [6, 6.07) is 6.53. The summed E-state index contributed by atoms with van der Waals surface area (Å²) in [5, 5.41) is 15.3. The van der Waals surface area contributed by atoms with E-state index in [4.69, 9.17) is 16.1 Å². The molecular formula is C22H31N7+2. The number of nitrogens with two attached hydrogens (primary N) is 3. The van der Waals surface area contributed by atoms with Gasteiger partial charge in [-0.05, 0) is 35.9 Å². The van der Waals surface area contributed by atoms with E-state index in [1.807, 2.05) is 42.8 Å². The van der Waals surface area contributed by atoms with Crippen LogP contribution in [0.3, 0.4) is 0 Å². The lowest BCUT2D eigenvalue weighted by atomic mass is 10.0. The quantitative estimate of drug-likeness (QED) is 0.326. The number of hydrogen-bond donors (Lipinski definition) is 5. The Balaban J connectivity index is 1.87. The molecule has 0 aliphatic heterocycles. The first kappa shape index (κ1) is 20.7. The smallest absolute Gasteiger partial charge is 0.203 e. The van der Waals surface area contributed by atoms with Crippen molar-refractivity contribution in [1.29, 1.82) is 5.41 Å². The summed E-state index contributed by atoms with van der Waals surface area (Å²) in [6.45, 7) is 4.22. The monoisotopic (exact) mass is 393 g/mol. The van der Waals surface area contributed by atoms with Crippen LogP contribution >= 0.6 is 0 Å². The molecule has 1 aliphatic rings. The molecule has 1 fully saturated rings. The summed E-state index contributed by atoms with van der Waals surface area (Å²) in [6.07, 6.45) is 11.4. The molecule has 0 spiro atoms. The number of pyridine rings is 2. The summed E-state index contributed by atoms with van der Waals surface area (Å²) in [5.41, 5.74) is 10.2. The third-order valence-electron chi connectivity index (χ3n) is 4.96. The Kier molecular flexibility index (Phi) is 6.74. The standard InChI is InChI=1S/C22H29N7/c1-14(2)15(10-23)9-22(25-3)29-21-7-6-19-20(28-21)8-16(12-27-19)17(11-24)13-26-18-4-5-18/h6-14,18,24-26H,4-5,23H2,1-3H3,(H,28,29)/p+2. The van der Waals surface area contributed by atoms with Crippen LogP contribution in [-0.4, -0.2) is 29.3 Å². The fourth-order valence-electron chi connectivity index (χ4n) is 2.92. The zero-order valence-corrected chi connectivity index (χ0v) is 17.3. The van der Waals surface area contributed by atoms with Crippen LogP contribution < -0.4 is 21.7 Å². The van der Waals surface area contributed by atoms with Gasteiger partial charge in [0.05, 0.1) is 29.7 Å². The highest BCUT2D eigenvalue weighted by atomic mass is 15.1. The minimum Gasteiger partial charge on any atom is -0.404 e. The first-order valence-electron chi connectivity index (χ1n) is 10.1. The second kappa shape index (κ2) is 9.45. The number of aromatic nitrogens is 2. The fraction of sp³-hybridized carbons (Fsp3) is 0.318. The summed E-state index contributed by atoms with van der Waals surface area (Å²) in [7, 11) is 1.98. The Morgan fingerprint density at radius 2 is 2.10 bits per heavy atom. The van der Waals surface area contributed by atoms with Crippen molar-refractivity contribution >= 4 is 28.6 Å². The molecular weight excluding hydrogens is 362 g/mol. The Morgan fingerprint density at radius 3 is 2.72 bits per heavy atom. The molecule has 0 saturated heterocycles. The molecule has 0 bridgehead atoms. The molecule has 0 amide bonds. The summed E-state index contributed by atoms with van der Waals surface area (Å²) >= 11 is 0. The van der Waals surface area contributed by atoms with Crippen LogP contribution in [0.5, 0.6) is 0 Å². The van der Waals surface area contributed by atoms with Gasteiger partial charge in [0.1, 0.15) is 12.0 Å². The van der Waals surface area contributed by atoms with Crippen LogP contribution in [0.15, 0.2) is 54.3 Å². The van der Waals surface area contributed by atoms with E-state index >= 15 is 0 Å². The Bertz CT molecular complexity index is 968. The zero-order valence-electron chi connectivity index (χ0n) is 17.3. The van der Waals surface area contributed by atoms with Gasteiger partial charge in [-0.1, -0.05) is 13.8 Å². The second-order valence-corrected chi connectivity index (χ2v) is 7.59. The highest BCUT2D eigenvalue weighted by Crippen LogP contribution is 2.19. The molecule has 152 valence electrons. The molecule has 29 heavy (non-hydrogen) atoms. The van der Waals surface area contributed by atoms with Gasteiger partial charge in [-0.25, -0.2) is 4.98 Å². The van der Waals surface area contributed by atoms with E-state index in [0.29, 0.717) is 12.0 Å². The minimum absolute atomic E-state index is 0.340. The molecule has 0 radical (unpaired) electrons. The maximum Gasteiger partial charge on any atom is 0.203 e. The van der Waals surface area contributed by atoms with E-state index < -0.39 is 0 Å². The molecule has 7 heteroatoms. The van der Waals surface area contributed by atoms with Crippen LogP contribution in [0.4, 0.5) is 5.82 Å². The average Bonchev–Trinajstić information content (AvgIpc) is 3.55. The van der Waals surface area contributed by atoms with E-state index in [9.17, 15) is 0 Å². The topological polar surface area (TPSA) is 121 Å². The van der Waals surface area contributed by atoms with Crippen LogP contribution in [-0.2, 0) is 0 Å². The summed E-state index contributed by atoms with van der Waals surface area (Å²) < 4.78 is 0. The molecule has 1 aliphatic carbocycles. The lowest BCUT2D eigenvalue weighted by Gasteiger charge is -2.10. The molecule has 3 rings (SSSR count). The van der Waals surface area contributed by atoms with Crippen molar-refractivity contribution in [2.45, 2.75) is 32.7 Å². The molecule has 8 N–H and O–H groups in total. The maximum absolute atomic E-state index is 7.75. The number of nitrogens with zero attached hydrogens (tertiary/aromatic N) is 2. The van der Waals surface area contributed by atoms with Crippen molar-refractivity contribution in [2.24, 2.45) is 11.7 Å². The molecule has 0 atom stereocenters. The van der Waals surface area contributed by atoms with Crippen molar-refractivity contribution in [2.75, 3.05) is 12.4 Å². The molecule has 7 nitrogen and oxygen atoms in total. The van der Waals surface area contributed by atoms with Crippen LogP contribution in [0.1, 0.15) is 32.3 Å². The van der Waals surface area contributed by atoms with E-state index in [2.05, 4.69) is 29.5 Å². The van der Waals surface area contributed by atoms with Crippen molar-refractivity contribution < 1.29 is 10.6 Å². The highest BCUT2D eigenvalue weighted by Gasteiger charge is 2.24. The van der Waals surface area contributed by atoms with Gasteiger partial charge >= 0.3 is 0 Å². The van der Waals surface area contributed by atoms with Crippen LogP contribution in [0.2, 0.25) is 0 Å². The first-order chi connectivity index (χ1) is 14.0. The number of anilines is 1. The predicted molar refractivity (Wildman–Crippen MR) is 118 cm³/mol. The summed E-state index contributed by atoms with van der Waals surface area (Å²) in [4.78, 5) is 9.25. The average molecular weight is 394 g/mol. The van der Waals surface area contributed by atoms with E-state index in [0.717, 1.165) is 39.4 Å². The zero-order chi connectivity index (χ0) is 20.8. The van der Waals surface area contributed by atoms with Crippen molar-refractivity contribution in [3.05, 3.63) is 59.8 Å². The number of allylic oxidation sites excluding steroid dienone is 3. The molecule has 0 aromatic carbocycles. The first-order valence-corrected chi connectivity index (χ1v) is 10.1. The number of fused-ring (bicyclic) bond motifs is 1.